The predicted octanol–water partition coefficient (Wildman–Crippen LogP) is 4.92. The van der Waals surface area contributed by atoms with E-state index in [1.807, 2.05) is 0 Å². The molecule has 2 aliphatic rings. The molecule has 2 heterocycles. The molecule has 4 nitrogen and oxygen atoms in total. The molecule has 4 heteroatoms. The van der Waals surface area contributed by atoms with E-state index in [1.54, 1.807) is 6.33 Å². The highest BCUT2D eigenvalue weighted by atomic mass is 15.1. The van der Waals surface area contributed by atoms with Crippen molar-refractivity contribution < 1.29 is 0 Å². The Morgan fingerprint density at radius 2 is 1.72 bits per heavy atom. The zero-order chi connectivity index (χ0) is 17.3. The third kappa shape index (κ3) is 5.12. The molecule has 2 aliphatic heterocycles. The van der Waals surface area contributed by atoms with E-state index in [1.165, 1.54) is 50.5 Å². The first-order valence-electron chi connectivity index (χ1n) is 9.57. The number of imidazole rings is 1. The van der Waals surface area contributed by atoms with Gasteiger partial charge >= 0.3 is 0 Å². The highest BCUT2D eigenvalue weighted by Gasteiger charge is 2.12. The SMILES string of the molecule is CCCCc1nc2ncnc-2cn1CCCCCCc1ccccc1. The van der Waals surface area contributed by atoms with Crippen LogP contribution in [-0.2, 0) is 19.4 Å². The normalized spacial score (nSPS) is 11.2. The minimum absolute atomic E-state index is 0.783. The van der Waals surface area contributed by atoms with Gasteiger partial charge in [0.25, 0.3) is 0 Å². The molecule has 0 radical (unpaired) electrons. The molecule has 0 saturated heterocycles. The van der Waals surface area contributed by atoms with Crippen molar-refractivity contribution in [3.05, 3.63) is 54.2 Å². The molecule has 25 heavy (non-hydrogen) atoms. The first-order chi connectivity index (χ1) is 12.4. The van der Waals surface area contributed by atoms with Crippen molar-refractivity contribution in [2.75, 3.05) is 0 Å². The smallest absolute Gasteiger partial charge is 0.182 e. The van der Waals surface area contributed by atoms with Gasteiger partial charge in [0.2, 0.25) is 0 Å². The summed E-state index contributed by atoms with van der Waals surface area (Å²) in [6.45, 7) is 3.25. The average molecular weight is 336 g/mol. The van der Waals surface area contributed by atoms with Crippen LogP contribution in [0.2, 0.25) is 0 Å². The quantitative estimate of drug-likeness (QED) is 0.493. The van der Waals surface area contributed by atoms with E-state index in [0.717, 1.165) is 30.3 Å². The second-order valence-electron chi connectivity index (χ2n) is 6.69. The Labute approximate surface area is 150 Å². The van der Waals surface area contributed by atoms with Gasteiger partial charge in [-0.2, -0.15) is 0 Å². The Kier molecular flexibility index (Phi) is 6.55. The van der Waals surface area contributed by atoms with E-state index in [9.17, 15) is 0 Å². The first kappa shape index (κ1) is 17.6. The molecule has 0 unspecified atom stereocenters. The van der Waals surface area contributed by atoms with Crippen molar-refractivity contribution in [2.24, 2.45) is 0 Å². The number of aromatic nitrogens is 4. The molecule has 0 fully saturated rings. The van der Waals surface area contributed by atoms with Crippen LogP contribution in [0.5, 0.6) is 0 Å². The zero-order valence-electron chi connectivity index (χ0n) is 15.2. The second kappa shape index (κ2) is 9.30. The lowest BCUT2D eigenvalue weighted by Crippen LogP contribution is -2.11. The van der Waals surface area contributed by atoms with Crippen molar-refractivity contribution in [1.82, 2.24) is 19.5 Å². The molecule has 0 aliphatic carbocycles. The Bertz CT molecular complexity index is 720. The van der Waals surface area contributed by atoms with Crippen LogP contribution < -0.4 is 0 Å². The van der Waals surface area contributed by atoms with Gasteiger partial charge in [-0.1, -0.05) is 56.5 Å². The Morgan fingerprint density at radius 3 is 2.56 bits per heavy atom. The maximum Gasteiger partial charge on any atom is 0.182 e. The van der Waals surface area contributed by atoms with Gasteiger partial charge in [-0.05, 0) is 31.2 Å². The summed E-state index contributed by atoms with van der Waals surface area (Å²) in [6.07, 6.45) is 13.3. The standard InChI is InChI=1S/C21H28N4/c1-2-3-14-20-24-21-19(22-17-23-21)16-25(20)15-10-5-4-7-11-18-12-8-6-9-13-18/h6,8-9,12-13,16-17H,2-5,7,10-11,14-15H2,1H3. The van der Waals surface area contributed by atoms with Crippen LogP contribution in [0.25, 0.3) is 11.5 Å². The molecule has 0 spiro atoms. The molecular weight excluding hydrogens is 308 g/mol. The molecule has 3 rings (SSSR count). The zero-order valence-corrected chi connectivity index (χ0v) is 15.2. The summed E-state index contributed by atoms with van der Waals surface area (Å²) in [7, 11) is 0. The van der Waals surface area contributed by atoms with Gasteiger partial charge in [0.1, 0.15) is 17.8 Å². The topological polar surface area (TPSA) is 43.6 Å². The number of benzene rings is 1. The summed E-state index contributed by atoms with van der Waals surface area (Å²) >= 11 is 0. The predicted molar refractivity (Wildman–Crippen MR) is 102 cm³/mol. The summed E-state index contributed by atoms with van der Waals surface area (Å²) in [6, 6.07) is 10.8. The highest BCUT2D eigenvalue weighted by molar-refractivity contribution is 5.48. The molecule has 0 aromatic heterocycles. The summed E-state index contributed by atoms with van der Waals surface area (Å²) in [5.41, 5.74) is 2.35. The van der Waals surface area contributed by atoms with E-state index in [-0.39, 0.29) is 0 Å². The summed E-state index contributed by atoms with van der Waals surface area (Å²) < 4.78 is 2.30. The number of nitrogens with zero attached hydrogens (tertiary/aromatic N) is 4. The van der Waals surface area contributed by atoms with Gasteiger partial charge in [-0.15, -0.1) is 0 Å². The fourth-order valence-corrected chi connectivity index (χ4v) is 3.19. The van der Waals surface area contributed by atoms with Crippen molar-refractivity contribution in [3.8, 4) is 11.5 Å². The largest absolute Gasteiger partial charge is 0.334 e. The minimum Gasteiger partial charge on any atom is -0.334 e. The molecule has 0 amide bonds. The van der Waals surface area contributed by atoms with Gasteiger partial charge < -0.3 is 4.57 Å². The van der Waals surface area contributed by atoms with Gasteiger partial charge in [0, 0.05) is 19.2 Å². The van der Waals surface area contributed by atoms with Gasteiger partial charge in [0.15, 0.2) is 5.82 Å². The summed E-state index contributed by atoms with van der Waals surface area (Å²) in [4.78, 5) is 13.3. The van der Waals surface area contributed by atoms with Crippen LogP contribution in [0.4, 0.5) is 0 Å². The number of unbranched alkanes of at least 4 members (excludes halogenated alkanes) is 4. The Morgan fingerprint density at radius 1 is 0.880 bits per heavy atom. The van der Waals surface area contributed by atoms with E-state index in [0.29, 0.717) is 0 Å². The highest BCUT2D eigenvalue weighted by Crippen LogP contribution is 2.17. The van der Waals surface area contributed by atoms with Crippen LogP contribution in [0, 0.1) is 0 Å². The van der Waals surface area contributed by atoms with Crippen molar-refractivity contribution in [3.63, 3.8) is 0 Å². The Hall–Kier alpha value is -2.23. The fourth-order valence-electron chi connectivity index (χ4n) is 3.19. The fraction of sp³-hybridized carbons (Fsp3) is 0.476. The van der Waals surface area contributed by atoms with Crippen LogP contribution in [0.1, 0.15) is 56.8 Å². The molecule has 0 bridgehead atoms. The van der Waals surface area contributed by atoms with Gasteiger partial charge in [-0.3, -0.25) is 0 Å². The molecule has 0 saturated carbocycles. The van der Waals surface area contributed by atoms with Crippen molar-refractivity contribution in [2.45, 2.75) is 64.8 Å². The number of aryl methyl sites for hydroxylation is 3. The van der Waals surface area contributed by atoms with E-state index in [4.69, 9.17) is 4.98 Å². The van der Waals surface area contributed by atoms with Gasteiger partial charge in [0.05, 0.1) is 0 Å². The second-order valence-corrected chi connectivity index (χ2v) is 6.69. The molecule has 1 aromatic rings. The van der Waals surface area contributed by atoms with E-state index >= 15 is 0 Å². The lowest BCUT2D eigenvalue weighted by atomic mass is 10.1. The third-order valence-electron chi connectivity index (χ3n) is 4.66. The lowest BCUT2D eigenvalue weighted by Gasteiger charge is -2.14. The van der Waals surface area contributed by atoms with Crippen LogP contribution in [0.3, 0.4) is 0 Å². The molecular formula is C21H28N4. The first-order valence-corrected chi connectivity index (χ1v) is 9.57. The third-order valence-corrected chi connectivity index (χ3v) is 4.66. The minimum atomic E-state index is 0.783. The molecule has 1 aromatic carbocycles. The van der Waals surface area contributed by atoms with E-state index in [2.05, 4.69) is 58.0 Å². The molecule has 132 valence electrons. The summed E-state index contributed by atoms with van der Waals surface area (Å²) in [5, 5.41) is 0. The maximum absolute atomic E-state index is 4.72. The Balaban J connectivity index is 1.48. The van der Waals surface area contributed by atoms with Crippen LogP contribution in [-0.4, -0.2) is 19.5 Å². The monoisotopic (exact) mass is 336 g/mol. The van der Waals surface area contributed by atoms with Crippen LogP contribution in [0.15, 0.2) is 42.9 Å². The molecule has 0 atom stereocenters. The lowest BCUT2D eigenvalue weighted by molar-refractivity contribution is 0.541. The number of fused-ring (bicyclic) bond motifs is 1. The van der Waals surface area contributed by atoms with E-state index < -0.39 is 0 Å². The average Bonchev–Trinajstić information content (AvgIpc) is 3.10. The maximum atomic E-state index is 4.72. The van der Waals surface area contributed by atoms with Crippen LogP contribution >= 0.6 is 0 Å². The number of hydrogen-bond donors (Lipinski definition) is 0. The number of rotatable bonds is 10. The van der Waals surface area contributed by atoms with Gasteiger partial charge in [-0.25, -0.2) is 15.0 Å². The summed E-state index contributed by atoms with van der Waals surface area (Å²) in [5.74, 6) is 1.93. The van der Waals surface area contributed by atoms with Crippen molar-refractivity contribution in [1.29, 1.82) is 0 Å². The van der Waals surface area contributed by atoms with Crippen molar-refractivity contribution >= 4 is 0 Å². The number of hydrogen-bond acceptors (Lipinski definition) is 3. The molecule has 0 N–H and O–H groups in total.